The fraction of sp³-hybridized carbons (Fsp3) is 0.733. The Morgan fingerprint density at radius 2 is 2.33 bits per heavy atom. The van der Waals surface area contributed by atoms with E-state index in [0.717, 1.165) is 31.4 Å². The van der Waals surface area contributed by atoms with E-state index < -0.39 is 0 Å². The minimum atomic E-state index is 0.756. The molecular weight excluding hydrogens is 224 g/mol. The zero-order valence-electron chi connectivity index (χ0n) is 11.7. The standard InChI is InChI=1S/C15H26N2O/c1-3-8-16-11-13-7-10-18-15(13)12-17-9-5-6-14(17)4-2/h7,10,14,16H,3-6,8-9,11-12H2,1-2H3. The lowest BCUT2D eigenvalue weighted by Crippen LogP contribution is -2.28. The summed E-state index contributed by atoms with van der Waals surface area (Å²) in [7, 11) is 0. The summed E-state index contributed by atoms with van der Waals surface area (Å²) in [5.41, 5.74) is 1.32. The van der Waals surface area contributed by atoms with Gasteiger partial charge in [-0.3, -0.25) is 4.90 Å². The van der Waals surface area contributed by atoms with Crippen molar-refractivity contribution in [2.75, 3.05) is 13.1 Å². The largest absolute Gasteiger partial charge is 0.468 e. The summed E-state index contributed by atoms with van der Waals surface area (Å²) in [6.07, 6.45) is 6.94. The average Bonchev–Trinajstić information content (AvgIpc) is 3.00. The molecule has 1 aromatic heterocycles. The van der Waals surface area contributed by atoms with E-state index >= 15 is 0 Å². The molecule has 0 aliphatic carbocycles. The Hall–Kier alpha value is -0.800. The van der Waals surface area contributed by atoms with Gasteiger partial charge in [0.15, 0.2) is 0 Å². The van der Waals surface area contributed by atoms with E-state index in [4.69, 9.17) is 4.42 Å². The number of rotatable bonds is 7. The van der Waals surface area contributed by atoms with E-state index in [9.17, 15) is 0 Å². The van der Waals surface area contributed by atoms with Crippen molar-refractivity contribution in [3.8, 4) is 0 Å². The third-order valence-corrected chi connectivity index (χ3v) is 3.90. The van der Waals surface area contributed by atoms with Crippen LogP contribution in [-0.4, -0.2) is 24.0 Å². The van der Waals surface area contributed by atoms with Gasteiger partial charge in [-0.05, 0) is 44.8 Å². The summed E-state index contributed by atoms with van der Waals surface area (Å²) in [4.78, 5) is 2.57. The zero-order chi connectivity index (χ0) is 12.8. The van der Waals surface area contributed by atoms with Crippen molar-refractivity contribution in [3.05, 3.63) is 23.7 Å². The topological polar surface area (TPSA) is 28.4 Å². The molecule has 0 radical (unpaired) electrons. The summed E-state index contributed by atoms with van der Waals surface area (Å²) < 4.78 is 5.67. The molecule has 1 unspecified atom stereocenters. The highest BCUT2D eigenvalue weighted by molar-refractivity contribution is 5.17. The van der Waals surface area contributed by atoms with Gasteiger partial charge < -0.3 is 9.73 Å². The Labute approximate surface area is 111 Å². The van der Waals surface area contributed by atoms with Gasteiger partial charge >= 0.3 is 0 Å². The van der Waals surface area contributed by atoms with Gasteiger partial charge in [-0.2, -0.15) is 0 Å². The fourth-order valence-corrected chi connectivity index (χ4v) is 2.81. The molecule has 1 aromatic rings. The molecule has 2 rings (SSSR count). The number of nitrogens with one attached hydrogen (secondary N) is 1. The molecular formula is C15H26N2O. The van der Waals surface area contributed by atoms with Crippen molar-refractivity contribution >= 4 is 0 Å². The number of nitrogens with zero attached hydrogens (tertiary/aromatic N) is 1. The molecule has 0 saturated carbocycles. The highest BCUT2D eigenvalue weighted by Crippen LogP contribution is 2.23. The highest BCUT2D eigenvalue weighted by Gasteiger charge is 2.24. The Kier molecular flexibility index (Phi) is 5.26. The highest BCUT2D eigenvalue weighted by atomic mass is 16.3. The Balaban J connectivity index is 1.90. The second-order valence-corrected chi connectivity index (χ2v) is 5.22. The molecule has 0 aromatic carbocycles. The summed E-state index contributed by atoms with van der Waals surface area (Å²) in [5.74, 6) is 1.15. The number of furan rings is 1. The molecule has 1 atom stereocenters. The van der Waals surface area contributed by atoms with Crippen LogP contribution in [0.5, 0.6) is 0 Å². The SMILES string of the molecule is CCCNCc1ccoc1CN1CCCC1CC. The van der Waals surface area contributed by atoms with Crippen LogP contribution in [0.25, 0.3) is 0 Å². The van der Waals surface area contributed by atoms with Crippen molar-refractivity contribution in [2.24, 2.45) is 0 Å². The van der Waals surface area contributed by atoms with Gasteiger partial charge in [-0.1, -0.05) is 13.8 Å². The number of hydrogen-bond acceptors (Lipinski definition) is 3. The van der Waals surface area contributed by atoms with Crippen molar-refractivity contribution < 1.29 is 4.42 Å². The molecule has 0 spiro atoms. The lowest BCUT2D eigenvalue weighted by molar-refractivity contribution is 0.220. The quantitative estimate of drug-likeness (QED) is 0.754. The summed E-state index contributed by atoms with van der Waals surface area (Å²) in [6.45, 7) is 8.69. The fourth-order valence-electron chi connectivity index (χ4n) is 2.81. The Morgan fingerprint density at radius 3 is 3.11 bits per heavy atom. The van der Waals surface area contributed by atoms with Gasteiger partial charge in [0.05, 0.1) is 12.8 Å². The average molecular weight is 250 g/mol. The van der Waals surface area contributed by atoms with Gasteiger partial charge in [0.1, 0.15) is 5.76 Å². The van der Waals surface area contributed by atoms with Crippen LogP contribution in [0.2, 0.25) is 0 Å². The van der Waals surface area contributed by atoms with Gasteiger partial charge in [-0.25, -0.2) is 0 Å². The maximum absolute atomic E-state index is 5.67. The van der Waals surface area contributed by atoms with Gasteiger partial charge in [0, 0.05) is 18.2 Å². The smallest absolute Gasteiger partial charge is 0.122 e. The van der Waals surface area contributed by atoms with Crippen LogP contribution in [0.1, 0.15) is 50.9 Å². The predicted octanol–water partition coefficient (Wildman–Crippen LogP) is 3.15. The molecule has 3 nitrogen and oxygen atoms in total. The van der Waals surface area contributed by atoms with Crippen LogP contribution < -0.4 is 5.32 Å². The lowest BCUT2D eigenvalue weighted by atomic mass is 10.1. The van der Waals surface area contributed by atoms with Crippen molar-refractivity contribution in [1.82, 2.24) is 10.2 Å². The van der Waals surface area contributed by atoms with Crippen molar-refractivity contribution in [2.45, 2.75) is 58.7 Å². The summed E-state index contributed by atoms with van der Waals surface area (Å²) in [5, 5.41) is 3.45. The monoisotopic (exact) mass is 250 g/mol. The molecule has 1 N–H and O–H groups in total. The Bertz CT molecular complexity index is 348. The maximum atomic E-state index is 5.67. The molecule has 2 heterocycles. The summed E-state index contributed by atoms with van der Waals surface area (Å²) in [6, 6.07) is 2.86. The van der Waals surface area contributed by atoms with E-state index in [1.54, 1.807) is 0 Å². The van der Waals surface area contributed by atoms with Gasteiger partial charge in [-0.15, -0.1) is 0 Å². The number of hydrogen-bond donors (Lipinski definition) is 1. The van der Waals surface area contributed by atoms with Crippen LogP contribution in [0.4, 0.5) is 0 Å². The minimum Gasteiger partial charge on any atom is -0.468 e. The van der Waals surface area contributed by atoms with E-state index in [-0.39, 0.29) is 0 Å². The van der Waals surface area contributed by atoms with Crippen LogP contribution in [0.15, 0.2) is 16.7 Å². The first-order valence-corrected chi connectivity index (χ1v) is 7.35. The second kappa shape index (κ2) is 6.95. The van der Waals surface area contributed by atoms with E-state index in [0.29, 0.717) is 0 Å². The predicted molar refractivity (Wildman–Crippen MR) is 74.4 cm³/mol. The molecule has 102 valence electrons. The summed E-state index contributed by atoms with van der Waals surface area (Å²) >= 11 is 0. The van der Waals surface area contributed by atoms with Crippen LogP contribution in [0.3, 0.4) is 0 Å². The first-order valence-electron chi connectivity index (χ1n) is 7.35. The lowest BCUT2D eigenvalue weighted by Gasteiger charge is -2.22. The Morgan fingerprint density at radius 1 is 1.44 bits per heavy atom. The van der Waals surface area contributed by atoms with E-state index in [1.807, 2.05) is 6.26 Å². The minimum absolute atomic E-state index is 0.756. The third kappa shape index (κ3) is 3.36. The van der Waals surface area contributed by atoms with Crippen LogP contribution in [-0.2, 0) is 13.1 Å². The third-order valence-electron chi connectivity index (χ3n) is 3.90. The molecule has 1 saturated heterocycles. The van der Waals surface area contributed by atoms with Gasteiger partial charge in [0.2, 0.25) is 0 Å². The molecule has 1 fully saturated rings. The first kappa shape index (κ1) is 13.6. The normalized spacial score (nSPS) is 20.7. The molecule has 18 heavy (non-hydrogen) atoms. The van der Waals surface area contributed by atoms with Crippen LogP contribution in [0, 0.1) is 0 Å². The van der Waals surface area contributed by atoms with Gasteiger partial charge in [0.25, 0.3) is 0 Å². The van der Waals surface area contributed by atoms with E-state index in [1.165, 1.54) is 37.8 Å². The van der Waals surface area contributed by atoms with Crippen LogP contribution >= 0.6 is 0 Å². The molecule has 0 bridgehead atoms. The first-order chi connectivity index (χ1) is 8.85. The maximum Gasteiger partial charge on any atom is 0.122 e. The van der Waals surface area contributed by atoms with Crippen molar-refractivity contribution in [3.63, 3.8) is 0 Å². The molecule has 1 aliphatic heterocycles. The number of likely N-dealkylation sites (tertiary alicyclic amines) is 1. The molecule has 1 aliphatic rings. The van der Waals surface area contributed by atoms with Crippen molar-refractivity contribution in [1.29, 1.82) is 0 Å². The zero-order valence-corrected chi connectivity index (χ0v) is 11.7. The van der Waals surface area contributed by atoms with E-state index in [2.05, 4.69) is 30.1 Å². The molecule has 0 amide bonds. The molecule has 3 heteroatoms. The second-order valence-electron chi connectivity index (χ2n) is 5.22.